The van der Waals surface area contributed by atoms with Crippen molar-refractivity contribution < 1.29 is 4.79 Å². The predicted molar refractivity (Wildman–Crippen MR) is 78.2 cm³/mol. The Bertz CT molecular complexity index is 385. The summed E-state index contributed by atoms with van der Waals surface area (Å²) in [6.45, 7) is 4.20. The van der Waals surface area contributed by atoms with Crippen molar-refractivity contribution in [3.05, 3.63) is 29.8 Å². The zero-order valence-corrected chi connectivity index (χ0v) is 11.6. The van der Waals surface area contributed by atoms with Crippen molar-refractivity contribution in [1.82, 2.24) is 5.32 Å². The van der Waals surface area contributed by atoms with Crippen LogP contribution in [0.3, 0.4) is 0 Å². The van der Waals surface area contributed by atoms with Gasteiger partial charge in [0.25, 0.3) is 0 Å². The molecule has 0 atom stereocenters. The van der Waals surface area contributed by atoms with E-state index < -0.39 is 0 Å². The third-order valence-corrected chi connectivity index (χ3v) is 4.44. The number of carbonyl (C=O) groups is 1. The lowest BCUT2D eigenvalue weighted by Crippen LogP contribution is -2.30. The molecule has 0 radical (unpaired) electrons. The standard InChI is InChI=1S/C14H20N2OS/c1-11-2-4-12(5-3-11)16-14(17)10-18-13-6-8-15-9-7-13/h2-5,13,15H,6-10H2,1H3,(H,16,17). The van der Waals surface area contributed by atoms with E-state index in [4.69, 9.17) is 0 Å². The lowest BCUT2D eigenvalue weighted by Gasteiger charge is -2.21. The van der Waals surface area contributed by atoms with Crippen molar-refractivity contribution in [3.63, 3.8) is 0 Å². The molecule has 2 N–H and O–H groups in total. The highest BCUT2D eigenvalue weighted by molar-refractivity contribution is 8.00. The van der Waals surface area contributed by atoms with Gasteiger partial charge in [0.2, 0.25) is 5.91 Å². The van der Waals surface area contributed by atoms with Gasteiger partial charge in [0, 0.05) is 10.9 Å². The third-order valence-electron chi connectivity index (χ3n) is 3.07. The van der Waals surface area contributed by atoms with Gasteiger partial charge in [-0.15, -0.1) is 11.8 Å². The first-order valence-electron chi connectivity index (χ1n) is 6.43. The normalized spacial score (nSPS) is 16.5. The molecule has 0 unspecified atom stereocenters. The van der Waals surface area contributed by atoms with Crippen LogP contribution in [0.5, 0.6) is 0 Å². The molecule has 1 amide bonds. The van der Waals surface area contributed by atoms with Crippen LogP contribution in [0.2, 0.25) is 0 Å². The molecular weight excluding hydrogens is 244 g/mol. The van der Waals surface area contributed by atoms with Crippen molar-refractivity contribution in [2.45, 2.75) is 25.0 Å². The number of piperidine rings is 1. The Morgan fingerprint density at radius 1 is 1.33 bits per heavy atom. The number of hydrogen-bond donors (Lipinski definition) is 2. The van der Waals surface area contributed by atoms with E-state index in [0.717, 1.165) is 18.8 Å². The number of hydrogen-bond acceptors (Lipinski definition) is 3. The Morgan fingerprint density at radius 3 is 2.67 bits per heavy atom. The van der Waals surface area contributed by atoms with E-state index in [1.54, 1.807) is 11.8 Å². The van der Waals surface area contributed by atoms with Crippen molar-refractivity contribution in [2.24, 2.45) is 0 Å². The smallest absolute Gasteiger partial charge is 0.234 e. The van der Waals surface area contributed by atoms with Gasteiger partial charge in [-0.1, -0.05) is 17.7 Å². The number of amides is 1. The van der Waals surface area contributed by atoms with Gasteiger partial charge in [-0.3, -0.25) is 4.79 Å². The Balaban J connectivity index is 1.73. The zero-order valence-electron chi connectivity index (χ0n) is 10.7. The topological polar surface area (TPSA) is 41.1 Å². The van der Waals surface area contributed by atoms with Crippen LogP contribution in [0.15, 0.2) is 24.3 Å². The van der Waals surface area contributed by atoms with Crippen LogP contribution in [0.25, 0.3) is 0 Å². The molecule has 1 fully saturated rings. The SMILES string of the molecule is Cc1ccc(NC(=O)CSC2CCNCC2)cc1. The average Bonchev–Trinajstić information content (AvgIpc) is 2.40. The summed E-state index contributed by atoms with van der Waals surface area (Å²) in [5, 5.41) is 6.90. The molecule has 1 saturated heterocycles. The van der Waals surface area contributed by atoms with Gasteiger partial charge in [0.15, 0.2) is 0 Å². The second-order valence-corrected chi connectivity index (χ2v) is 5.96. The molecule has 1 aromatic carbocycles. The maximum Gasteiger partial charge on any atom is 0.234 e. The molecule has 0 spiro atoms. The van der Waals surface area contributed by atoms with E-state index in [1.807, 2.05) is 31.2 Å². The molecule has 98 valence electrons. The van der Waals surface area contributed by atoms with Gasteiger partial charge in [-0.2, -0.15) is 0 Å². The first-order valence-corrected chi connectivity index (χ1v) is 7.48. The molecule has 0 bridgehead atoms. The number of nitrogens with one attached hydrogen (secondary N) is 2. The minimum Gasteiger partial charge on any atom is -0.325 e. The minimum atomic E-state index is 0.0994. The lowest BCUT2D eigenvalue weighted by molar-refractivity contribution is -0.113. The number of benzene rings is 1. The summed E-state index contributed by atoms with van der Waals surface area (Å²) >= 11 is 1.78. The fraction of sp³-hybridized carbons (Fsp3) is 0.500. The zero-order chi connectivity index (χ0) is 12.8. The van der Waals surface area contributed by atoms with E-state index in [9.17, 15) is 4.79 Å². The predicted octanol–water partition coefficient (Wildman–Crippen LogP) is 2.42. The molecule has 0 saturated carbocycles. The molecule has 2 rings (SSSR count). The summed E-state index contributed by atoms with van der Waals surface area (Å²) in [5.41, 5.74) is 2.09. The van der Waals surface area contributed by atoms with Crippen molar-refractivity contribution in [1.29, 1.82) is 0 Å². The first kappa shape index (κ1) is 13.4. The summed E-state index contributed by atoms with van der Waals surface area (Å²) in [6, 6.07) is 7.91. The van der Waals surface area contributed by atoms with Gasteiger partial charge in [0.05, 0.1) is 5.75 Å². The number of anilines is 1. The molecule has 3 nitrogen and oxygen atoms in total. The summed E-state index contributed by atoms with van der Waals surface area (Å²) in [6.07, 6.45) is 2.34. The molecular formula is C14H20N2OS. The second kappa shape index (κ2) is 6.81. The van der Waals surface area contributed by atoms with Crippen molar-refractivity contribution in [2.75, 3.05) is 24.2 Å². The summed E-state index contributed by atoms with van der Waals surface area (Å²) < 4.78 is 0. The Morgan fingerprint density at radius 2 is 2.00 bits per heavy atom. The molecule has 1 heterocycles. The molecule has 1 aliphatic rings. The molecule has 0 aliphatic carbocycles. The van der Waals surface area contributed by atoms with Gasteiger partial charge in [-0.05, 0) is 45.0 Å². The van der Waals surface area contributed by atoms with Crippen LogP contribution in [-0.2, 0) is 4.79 Å². The van der Waals surface area contributed by atoms with E-state index >= 15 is 0 Å². The Labute approximate surface area is 113 Å². The lowest BCUT2D eigenvalue weighted by atomic mass is 10.2. The highest BCUT2D eigenvalue weighted by Crippen LogP contribution is 2.20. The highest BCUT2D eigenvalue weighted by Gasteiger charge is 2.14. The van der Waals surface area contributed by atoms with E-state index in [1.165, 1.54) is 18.4 Å². The Hall–Kier alpha value is -1.00. The average molecular weight is 264 g/mol. The number of aryl methyl sites for hydroxylation is 1. The summed E-state index contributed by atoms with van der Waals surface area (Å²) in [5.74, 6) is 0.654. The van der Waals surface area contributed by atoms with Crippen molar-refractivity contribution in [3.8, 4) is 0 Å². The second-order valence-electron chi connectivity index (χ2n) is 4.67. The van der Waals surface area contributed by atoms with Crippen LogP contribution >= 0.6 is 11.8 Å². The first-order chi connectivity index (χ1) is 8.74. The van der Waals surface area contributed by atoms with Crippen LogP contribution in [0, 0.1) is 6.92 Å². The number of rotatable bonds is 4. The molecule has 0 aromatic heterocycles. The van der Waals surface area contributed by atoms with E-state index in [0.29, 0.717) is 11.0 Å². The van der Waals surface area contributed by atoms with Gasteiger partial charge >= 0.3 is 0 Å². The fourth-order valence-corrected chi connectivity index (χ4v) is 3.02. The maximum atomic E-state index is 11.8. The quantitative estimate of drug-likeness (QED) is 0.877. The summed E-state index contributed by atoms with van der Waals surface area (Å²) in [7, 11) is 0. The van der Waals surface area contributed by atoms with Crippen molar-refractivity contribution >= 4 is 23.4 Å². The molecule has 1 aromatic rings. The van der Waals surface area contributed by atoms with E-state index in [2.05, 4.69) is 10.6 Å². The molecule has 1 aliphatic heterocycles. The fourth-order valence-electron chi connectivity index (χ4n) is 1.99. The van der Waals surface area contributed by atoms with Gasteiger partial charge < -0.3 is 10.6 Å². The number of thioether (sulfide) groups is 1. The van der Waals surface area contributed by atoms with Crippen LogP contribution in [-0.4, -0.2) is 30.0 Å². The highest BCUT2D eigenvalue weighted by atomic mass is 32.2. The van der Waals surface area contributed by atoms with Gasteiger partial charge in [0.1, 0.15) is 0 Å². The van der Waals surface area contributed by atoms with Crippen LogP contribution in [0.1, 0.15) is 18.4 Å². The molecule has 4 heteroatoms. The van der Waals surface area contributed by atoms with Crippen LogP contribution < -0.4 is 10.6 Å². The Kier molecular flexibility index (Phi) is 5.08. The maximum absolute atomic E-state index is 11.8. The third kappa shape index (κ3) is 4.35. The largest absolute Gasteiger partial charge is 0.325 e. The summed E-state index contributed by atoms with van der Waals surface area (Å²) in [4.78, 5) is 11.8. The molecule has 18 heavy (non-hydrogen) atoms. The van der Waals surface area contributed by atoms with E-state index in [-0.39, 0.29) is 5.91 Å². The van der Waals surface area contributed by atoms with Crippen LogP contribution in [0.4, 0.5) is 5.69 Å². The van der Waals surface area contributed by atoms with Gasteiger partial charge in [-0.25, -0.2) is 0 Å². The monoisotopic (exact) mass is 264 g/mol. The minimum absolute atomic E-state index is 0.0994. The number of carbonyl (C=O) groups excluding carboxylic acids is 1.